The van der Waals surface area contributed by atoms with Gasteiger partial charge in [-0.1, -0.05) is 0 Å². The van der Waals surface area contributed by atoms with Gasteiger partial charge in [-0.25, -0.2) is 0 Å². The van der Waals surface area contributed by atoms with Crippen molar-refractivity contribution >= 4 is 28.3 Å². The summed E-state index contributed by atoms with van der Waals surface area (Å²) in [5.74, 6) is 0. The Hall–Kier alpha value is -0.320. The minimum absolute atomic E-state index is 0.768. The second kappa shape index (κ2) is 2.30. The predicted octanol–water partition coefficient (Wildman–Crippen LogP) is 1.27. The van der Waals surface area contributed by atoms with Gasteiger partial charge in [0.1, 0.15) is 3.70 Å². The molecule has 0 spiro atoms. The number of nitrogens with zero attached hydrogens (tertiary/aromatic N) is 1. The number of nitrogen functional groups attached to an aromatic ring is 1. The maximum absolute atomic E-state index is 5.41. The number of hydrogen-bond acceptors (Lipinski definition) is 2. The normalized spacial score (nSPS) is 9.12. The molecule has 0 amide bonds. The highest BCUT2D eigenvalue weighted by molar-refractivity contribution is 14.1. The summed E-state index contributed by atoms with van der Waals surface area (Å²) in [5.41, 5.74) is 6.18. The molecule has 0 unspecified atom stereocenters. The van der Waals surface area contributed by atoms with Crippen LogP contribution in [0.3, 0.4) is 0 Å². The van der Waals surface area contributed by atoms with Crippen LogP contribution in [-0.2, 0) is 0 Å². The molecule has 0 atom stereocenters. The Morgan fingerprint density at radius 1 is 1.62 bits per heavy atom. The first kappa shape index (κ1) is 5.81. The van der Waals surface area contributed by atoms with Crippen molar-refractivity contribution in [3.8, 4) is 0 Å². The molecule has 0 bridgehead atoms. The smallest absolute Gasteiger partial charge is 0.103 e. The summed E-state index contributed by atoms with van der Waals surface area (Å²) >= 11 is 2.11. The maximum Gasteiger partial charge on any atom is 0.103 e. The third kappa shape index (κ3) is 1.33. The fourth-order valence-corrected chi connectivity index (χ4v) is 0.938. The van der Waals surface area contributed by atoms with E-state index in [1.54, 1.807) is 12.3 Å². The lowest BCUT2D eigenvalue weighted by atomic mass is 10.4. The standard InChI is InChI=1S/C5H5IN2/c6-5-3-4(7)1-2-8-5/h1-3H,(H2,7,8). The van der Waals surface area contributed by atoms with E-state index in [9.17, 15) is 0 Å². The molecule has 0 aliphatic rings. The van der Waals surface area contributed by atoms with E-state index in [4.69, 9.17) is 5.73 Å². The highest BCUT2D eigenvalue weighted by Crippen LogP contribution is 2.03. The van der Waals surface area contributed by atoms with Gasteiger partial charge in [-0.15, -0.1) is 0 Å². The van der Waals surface area contributed by atoms with Crippen LogP contribution >= 0.6 is 22.6 Å². The monoisotopic (exact) mass is 220 g/mol. The molecule has 0 aliphatic heterocycles. The van der Waals surface area contributed by atoms with Crippen LogP contribution < -0.4 is 5.73 Å². The van der Waals surface area contributed by atoms with Crippen LogP contribution in [-0.4, -0.2) is 4.98 Å². The fourth-order valence-electron chi connectivity index (χ4n) is 0.417. The molecule has 2 N–H and O–H groups in total. The second-order valence-electron chi connectivity index (χ2n) is 1.41. The highest BCUT2D eigenvalue weighted by atomic mass is 127. The third-order valence-electron chi connectivity index (χ3n) is 0.751. The lowest BCUT2D eigenvalue weighted by Gasteiger charge is -1.88. The number of halogens is 1. The molecule has 0 radical (unpaired) electrons. The first-order chi connectivity index (χ1) is 3.79. The fraction of sp³-hybridized carbons (Fsp3) is 0. The van der Waals surface area contributed by atoms with Crippen LogP contribution in [0.1, 0.15) is 0 Å². The molecule has 0 fully saturated rings. The average Bonchev–Trinajstić information content (AvgIpc) is 1.64. The molecular weight excluding hydrogens is 215 g/mol. The first-order valence-electron chi connectivity index (χ1n) is 2.16. The number of anilines is 1. The topological polar surface area (TPSA) is 38.9 Å². The molecule has 1 aromatic rings. The molecule has 0 aromatic carbocycles. The molecule has 0 aliphatic carbocycles. The van der Waals surface area contributed by atoms with Gasteiger partial charge in [-0.2, -0.15) is 0 Å². The SMILES string of the molecule is Nc1ccnc(I)c1. The van der Waals surface area contributed by atoms with Gasteiger partial charge >= 0.3 is 0 Å². The number of hydrogen-bond donors (Lipinski definition) is 1. The zero-order valence-corrected chi connectivity index (χ0v) is 6.29. The van der Waals surface area contributed by atoms with Gasteiger partial charge in [0, 0.05) is 11.9 Å². The van der Waals surface area contributed by atoms with Crippen molar-refractivity contribution in [3.05, 3.63) is 22.0 Å². The van der Waals surface area contributed by atoms with Crippen molar-refractivity contribution in [1.82, 2.24) is 4.98 Å². The highest BCUT2D eigenvalue weighted by Gasteiger charge is 1.84. The van der Waals surface area contributed by atoms with E-state index in [2.05, 4.69) is 27.6 Å². The third-order valence-corrected chi connectivity index (χ3v) is 1.34. The van der Waals surface area contributed by atoms with Crippen molar-refractivity contribution in [2.24, 2.45) is 0 Å². The van der Waals surface area contributed by atoms with Crippen LogP contribution in [0.2, 0.25) is 0 Å². The zero-order valence-electron chi connectivity index (χ0n) is 4.13. The molecule has 2 nitrogen and oxygen atoms in total. The van der Waals surface area contributed by atoms with Crippen molar-refractivity contribution in [2.45, 2.75) is 0 Å². The number of pyridine rings is 1. The molecule has 1 heterocycles. The summed E-state index contributed by atoms with van der Waals surface area (Å²) in [4.78, 5) is 3.95. The van der Waals surface area contributed by atoms with Crippen LogP contribution in [0.25, 0.3) is 0 Å². The summed E-state index contributed by atoms with van der Waals surface area (Å²) in [6.45, 7) is 0. The maximum atomic E-state index is 5.41. The molecule has 42 valence electrons. The molecule has 1 aromatic heterocycles. The van der Waals surface area contributed by atoms with Gasteiger partial charge in [0.2, 0.25) is 0 Å². The minimum Gasteiger partial charge on any atom is -0.399 e. The van der Waals surface area contributed by atoms with E-state index in [0.717, 1.165) is 9.39 Å². The number of nitrogens with two attached hydrogens (primary N) is 1. The lowest BCUT2D eigenvalue weighted by Crippen LogP contribution is -1.85. The van der Waals surface area contributed by atoms with E-state index in [-0.39, 0.29) is 0 Å². The molecule has 1 rings (SSSR count). The summed E-state index contributed by atoms with van der Waals surface area (Å²) in [5, 5.41) is 0. The van der Waals surface area contributed by atoms with E-state index in [1.807, 2.05) is 6.07 Å². The number of aromatic nitrogens is 1. The van der Waals surface area contributed by atoms with Gasteiger partial charge < -0.3 is 5.73 Å². The number of rotatable bonds is 0. The van der Waals surface area contributed by atoms with Crippen molar-refractivity contribution in [2.75, 3.05) is 5.73 Å². The summed E-state index contributed by atoms with van der Waals surface area (Å²) in [6, 6.07) is 3.59. The minimum atomic E-state index is 0.768. The Labute approximate surface area is 61.3 Å². The molecule has 0 saturated heterocycles. The zero-order chi connectivity index (χ0) is 5.98. The van der Waals surface area contributed by atoms with E-state index in [1.165, 1.54) is 0 Å². The van der Waals surface area contributed by atoms with Crippen LogP contribution in [0.5, 0.6) is 0 Å². The second-order valence-corrected chi connectivity index (χ2v) is 2.52. The largest absolute Gasteiger partial charge is 0.399 e. The summed E-state index contributed by atoms with van der Waals surface area (Å²) in [6.07, 6.45) is 1.69. The van der Waals surface area contributed by atoms with Gasteiger partial charge in [0.25, 0.3) is 0 Å². The first-order valence-corrected chi connectivity index (χ1v) is 3.24. The van der Waals surface area contributed by atoms with Crippen molar-refractivity contribution < 1.29 is 0 Å². The molecule has 3 heteroatoms. The quantitative estimate of drug-likeness (QED) is 0.528. The van der Waals surface area contributed by atoms with E-state index in [0.29, 0.717) is 0 Å². The van der Waals surface area contributed by atoms with Crippen molar-refractivity contribution in [3.63, 3.8) is 0 Å². The Morgan fingerprint density at radius 3 is 2.75 bits per heavy atom. The molecule has 0 saturated carbocycles. The molecular formula is C5H5IN2. The molecule has 8 heavy (non-hydrogen) atoms. The Balaban J connectivity index is 3.08. The van der Waals surface area contributed by atoms with E-state index < -0.39 is 0 Å². The van der Waals surface area contributed by atoms with Gasteiger partial charge in [-0.3, -0.25) is 4.98 Å². The van der Waals surface area contributed by atoms with Crippen LogP contribution in [0.4, 0.5) is 5.69 Å². The average molecular weight is 220 g/mol. The van der Waals surface area contributed by atoms with Gasteiger partial charge in [0.15, 0.2) is 0 Å². The lowest BCUT2D eigenvalue weighted by molar-refractivity contribution is 1.28. The van der Waals surface area contributed by atoms with Crippen LogP contribution in [0.15, 0.2) is 18.3 Å². The van der Waals surface area contributed by atoms with Crippen LogP contribution in [0, 0.1) is 3.70 Å². The Morgan fingerprint density at radius 2 is 2.38 bits per heavy atom. The van der Waals surface area contributed by atoms with E-state index >= 15 is 0 Å². The van der Waals surface area contributed by atoms with Crippen molar-refractivity contribution in [1.29, 1.82) is 0 Å². The van der Waals surface area contributed by atoms with Gasteiger partial charge in [0.05, 0.1) is 0 Å². The Kier molecular flexibility index (Phi) is 1.67. The Bertz CT molecular complexity index is 170. The summed E-state index contributed by atoms with van der Waals surface area (Å²) in [7, 11) is 0. The van der Waals surface area contributed by atoms with Gasteiger partial charge in [-0.05, 0) is 34.7 Å². The predicted molar refractivity (Wildman–Crippen MR) is 41.4 cm³/mol. The summed E-state index contributed by atoms with van der Waals surface area (Å²) < 4.78 is 0.933.